The van der Waals surface area contributed by atoms with Crippen molar-refractivity contribution in [1.82, 2.24) is 10.2 Å². The van der Waals surface area contributed by atoms with Crippen LogP contribution >= 0.6 is 0 Å². The zero-order chi connectivity index (χ0) is 13.6. The molecule has 1 saturated heterocycles. The Balaban J connectivity index is 2.78. The first-order valence-electron chi connectivity index (χ1n) is 7.12. The van der Waals surface area contributed by atoms with E-state index in [4.69, 9.17) is 4.74 Å². The van der Waals surface area contributed by atoms with Crippen LogP contribution in [0.4, 0.5) is 0 Å². The summed E-state index contributed by atoms with van der Waals surface area (Å²) in [5.74, 6) is 0.258. The minimum absolute atomic E-state index is 0.226. The molecule has 0 saturated carbocycles. The zero-order valence-corrected chi connectivity index (χ0v) is 12.3. The van der Waals surface area contributed by atoms with Gasteiger partial charge in [-0.15, -0.1) is 0 Å². The summed E-state index contributed by atoms with van der Waals surface area (Å²) in [5, 5.41) is 3.45. The van der Waals surface area contributed by atoms with Crippen molar-refractivity contribution in [2.24, 2.45) is 0 Å². The van der Waals surface area contributed by atoms with Crippen LogP contribution in [-0.4, -0.2) is 49.2 Å². The first-order valence-corrected chi connectivity index (χ1v) is 7.12. The lowest BCUT2D eigenvalue weighted by Crippen LogP contribution is -2.57. The highest BCUT2D eigenvalue weighted by Crippen LogP contribution is 2.27. The quantitative estimate of drug-likeness (QED) is 0.755. The van der Waals surface area contributed by atoms with Crippen molar-refractivity contribution < 1.29 is 9.53 Å². The number of methoxy groups -OCH3 is 1. The van der Waals surface area contributed by atoms with Crippen molar-refractivity contribution in [3.8, 4) is 0 Å². The van der Waals surface area contributed by atoms with Crippen molar-refractivity contribution in [2.45, 2.75) is 58.0 Å². The summed E-state index contributed by atoms with van der Waals surface area (Å²) >= 11 is 0. The molecule has 0 bridgehead atoms. The topological polar surface area (TPSA) is 41.6 Å². The van der Waals surface area contributed by atoms with Crippen LogP contribution in [0.1, 0.15) is 46.5 Å². The van der Waals surface area contributed by atoms with E-state index in [-0.39, 0.29) is 17.5 Å². The van der Waals surface area contributed by atoms with Gasteiger partial charge in [0.05, 0.1) is 12.1 Å². The van der Waals surface area contributed by atoms with E-state index in [1.165, 1.54) is 0 Å². The fourth-order valence-electron chi connectivity index (χ4n) is 2.79. The SMILES string of the molecule is CCCC1(C(=O)N(CCOC)C(C)C)CCCN1. The van der Waals surface area contributed by atoms with Gasteiger partial charge in [0, 0.05) is 19.7 Å². The number of ether oxygens (including phenoxy) is 1. The van der Waals surface area contributed by atoms with E-state index >= 15 is 0 Å². The second-order valence-corrected chi connectivity index (χ2v) is 5.45. The Morgan fingerprint density at radius 2 is 2.22 bits per heavy atom. The van der Waals surface area contributed by atoms with Gasteiger partial charge in [-0.1, -0.05) is 13.3 Å². The molecular weight excluding hydrogens is 228 g/mol. The summed E-state index contributed by atoms with van der Waals surface area (Å²) in [6.45, 7) is 8.53. The average molecular weight is 256 g/mol. The number of nitrogens with zero attached hydrogens (tertiary/aromatic N) is 1. The van der Waals surface area contributed by atoms with Crippen LogP contribution in [-0.2, 0) is 9.53 Å². The molecule has 106 valence electrons. The van der Waals surface area contributed by atoms with Crippen LogP contribution < -0.4 is 5.32 Å². The Labute approximate surface area is 111 Å². The first-order chi connectivity index (χ1) is 8.57. The third-order valence-corrected chi connectivity index (χ3v) is 3.75. The largest absolute Gasteiger partial charge is 0.383 e. The maximum atomic E-state index is 12.8. The van der Waals surface area contributed by atoms with Gasteiger partial charge in [-0.3, -0.25) is 4.79 Å². The second-order valence-electron chi connectivity index (χ2n) is 5.45. The smallest absolute Gasteiger partial charge is 0.243 e. The average Bonchev–Trinajstić information content (AvgIpc) is 2.79. The molecular formula is C14H28N2O2. The summed E-state index contributed by atoms with van der Waals surface area (Å²) in [5.41, 5.74) is -0.313. The number of nitrogens with one attached hydrogen (secondary N) is 1. The van der Waals surface area contributed by atoms with Gasteiger partial charge in [0.2, 0.25) is 5.91 Å². The molecule has 1 fully saturated rings. The van der Waals surface area contributed by atoms with Gasteiger partial charge in [0.1, 0.15) is 0 Å². The van der Waals surface area contributed by atoms with Gasteiger partial charge >= 0.3 is 0 Å². The summed E-state index contributed by atoms with van der Waals surface area (Å²) < 4.78 is 5.11. The summed E-state index contributed by atoms with van der Waals surface area (Å²) in [4.78, 5) is 14.8. The van der Waals surface area contributed by atoms with Crippen LogP contribution in [0.3, 0.4) is 0 Å². The van der Waals surface area contributed by atoms with Gasteiger partial charge in [-0.05, 0) is 39.7 Å². The molecule has 0 aliphatic carbocycles. The molecule has 1 aliphatic heterocycles. The molecule has 0 radical (unpaired) electrons. The first kappa shape index (κ1) is 15.4. The van der Waals surface area contributed by atoms with E-state index in [1.807, 2.05) is 4.90 Å². The molecule has 0 aromatic heterocycles. The van der Waals surface area contributed by atoms with Gasteiger partial charge < -0.3 is 15.0 Å². The van der Waals surface area contributed by atoms with Crippen molar-refractivity contribution in [2.75, 3.05) is 26.8 Å². The molecule has 4 nitrogen and oxygen atoms in total. The second kappa shape index (κ2) is 7.10. The third kappa shape index (κ3) is 3.45. The summed E-state index contributed by atoms with van der Waals surface area (Å²) in [6.07, 6.45) is 4.04. The van der Waals surface area contributed by atoms with Crippen molar-refractivity contribution in [3.63, 3.8) is 0 Å². The Kier molecular flexibility index (Phi) is 6.09. The number of hydrogen-bond donors (Lipinski definition) is 1. The molecule has 1 aliphatic rings. The van der Waals surface area contributed by atoms with Crippen LogP contribution in [0.25, 0.3) is 0 Å². The van der Waals surface area contributed by atoms with Crippen LogP contribution in [0.15, 0.2) is 0 Å². The molecule has 1 unspecified atom stereocenters. The Hall–Kier alpha value is -0.610. The molecule has 1 amide bonds. The normalized spacial score (nSPS) is 23.6. The molecule has 18 heavy (non-hydrogen) atoms. The minimum Gasteiger partial charge on any atom is -0.383 e. The fraction of sp³-hybridized carbons (Fsp3) is 0.929. The highest BCUT2D eigenvalue weighted by atomic mass is 16.5. The molecule has 1 heterocycles. The van der Waals surface area contributed by atoms with Crippen LogP contribution in [0.5, 0.6) is 0 Å². The highest BCUT2D eigenvalue weighted by molar-refractivity contribution is 5.87. The van der Waals surface area contributed by atoms with E-state index in [2.05, 4.69) is 26.1 Å². The number of carbonyl (C=O) groups excluding carboxylic acids is 1. The van der Waals surface area contributed by atoms with Crippen LogP contribution in [0, 0.1) is 0 Å². The van der Waals surface area contributed by atoms with Gasteiger partial charge in [-0.25, -0.2) is 0 Å². The van der Waals surface area contributed by atoms with Gasteiger partial charge in [0.15, 0.2) is 0 Å². The standard InChI is InChI=1S/C14H28N2O2/c1-5-7-14(8-6-9-15-14)13(17)16(12(2)3)10-11-18-4/h12,15H,5-11H2,1-4H3. The lowest BCUT2D eigenvalue weighted by atomic mass is 9.89. The predicted molar refractivity (Wildman–Crippen MR) is 73.6 cm³/mol. The number of amides is 1. The molecule has 1 rings (SSSR count). The number of hydrogen-bond acceptors (Lipinski definition) is 3. The molecule has 4 heteroatoms. The Morgan fingerprint density at radius 1 is 1.50 bits per heavy atom. The van der Waals surface area contributed by atoms with E-state index in [0.29, 0.717) is 13.2 Å². The predicted octanol–water partition coefficient (Wildman–Crippen LogP) is 1.79. The molecule has 0 aromatic carbocycles. The lowest BCUT2D eigenvalue weighted by Gasteiger charge is -2.36. The van der Waals surface area contributed by atoms with E-state index < -0.39 is 0 Å². The molecule has 0 spiro atoms. The number of carbonyl (C=O) groups is 1. The van der Waals surface area contributed by atoms with Gasteiger partial charge in [0.25, 0.3) is 0 Å². The zero-order valence-electron chi connectivity index (χ0n) is 12.3. The monoisotopic (exact) mass is 256 g/mol. The molecule has 0 aromatic rings. The maximum absolute atomic E-state index is 12.8. The van der Waals surface area contributed by atoms with E-state index in [1.54, 1.807) is 7.11 Å². The van der Waals surface area contributed by atoms with E-state index in [9.17, 15) is 4.79 Å². The highest BCUT2D eigenvalue weighted by Gasteiger charge is 2.42. The van der Waals surface area contributed by atoms with E-state index in [0.717, 1.165) is 32.2 Å². The van der Waals surface area contributed by atoms with Crippen LogP contribution in [0.2, 0.25) is 0 Å². The van der Waals surface area contributed by atoms with Gasteiger partial charge in [-0.2, -0.15) is 0 Å². The lowest BCUT2D eigenvalue weighted by molar-refractivity contribution is -0.140. The van der Waals surface area contributed by atoms with Crippen molar-refractivity contribution in [3.05, 3.63) is 0 Å². The molecule has 1 N–H and O–H groups in total. The third-order valence-electron chi connectivity index (χ3n) is 3.75. The minimum atomic E-state index is -0.313. The Bertz CT molecular complexity index is 261. The summed E-state index contributed by atoms with van der Waals surface area (Å²) in [7, 11) is 1.68. The molecule has 1 atom stereocenters. The maximum Gasteiger partial charge on any atom is 0.243 e. The Morgan fingerprint density at radius 3 is 2.67 bits per heavy atom. The number of rotatable bonds is 7. The fourth-order valence-corrected chi connectivity index (χ4v) is 2.79. The van der Waals surface area contributed by atoms with Crippen molar-refractivity contribution >= 4 is 5.91 Å². The van der Waals surface area contributed by atoms with Crippen molar-refractivity contribution in [1.29, 1.82) is 0 Å². The summed E-state index contributed by atoms with van der Waals surface area (Å²) in [6, 6.07) is 0.226.